The molecule has 2 saturated heterocycles. The minimum absolute atomic E-state index is 0. The number of ether oxygens (including phenoxy) is 4. The second-order valence-electron chi connectivity index (χ2n) is 10.3. The predicted octanol–water partition coefficient (Wildman–Crippen LogP) is 3.69. The largest absolute Gasteiger partial charge is 0.443 e. The molecule has 1 saturated carbocycles. The van der Waals surface area contributed by atoms with E-state index in [1.807, 2.05) is 0 Å². The van der Waals surface area contributed by atoms with Crippen LogP contribution < -0.4 is 10.6 Å². The van der Waals surface area contributed by atoms with Gasteiger partial charge < -0.3 is 36.5 Å². The van der Waals surface area contributed by atoms with Crippen molar-refractivity contribution in [1.82, 2.24) is 10.6 Å². The van der Waals surface area contributed by atoms with Crippen molar-refractivity contribution in [3.8, 4) is 0 Å². The Morgan fingerprint density at radius 2 is 1.80 bits per heavy atom. The minimum atomic E-state index is -0.399. The number of epoxide rings is 2. The van der Waals surface area contributed by atoms with Gasteiger partial charge in [-0.2, -0.15) is 0 Å². The number of unbranched alkanes of at least 4 members (excludes halogenated alkanes) is 3. The van der Waals surface area contributed by atoms with Crippen molar-refractivity contribution in [3.05, 3.63) is 18.6 Å². The van der Waals surface area contributed by atoms with Crippen molar-refractivity contribution in [2.45, 2.75) is 102 Å². The molecule has 0 aromatic rings. The van der Waals surface area contributed by atoms with Gasteiger partial charge in [-0.15, -0.1) is 6.42 Å². The topological polar surface area (TPSA) is 102 Å². The molecule has 3 rings (SSSR count). The van der Waals surface area contributed by atoms with E-state index in [1.165, 1.54) is 5.57 Å². The van der Waals surface area contributed by atoms with Crippen LogP contribution in [-0.4, -0.2) is 68.3 Å². The number of methoxy groups -OCH3 is 1. The Kier molecular flexibility index (Phi) is 11.6. The first-order valence-corrected chi connectivity index (χ1v) is 12.7. The van der Waals surface area contributed by atoms with Gasteiger partial charge in [0.05, 0.1) is 18.6 Å². The smallest absolute Gasteiger partial charge is 0.407 e. The number of hydrogen-bond donors (Lipinski definition) is 2. The van der Waals surface area contributed by atoms with Gasteiger partial charge in [-0.1, -0.05) is 24.5 Å². The summed E-state index contributed by atoms with van der Waals surface area (Å²) >= 11 is 0. The third kappa shape index (κ3) is 7.96. The van der Waals surface area contributed by atoms with E-state index in [0.29, 0.717) is 19.7 Å². The summed E-state index contributed by atoms with van der Waals surface area (Å²) in [5.74, 6) is 0.00430. The first-order chi connectivity index (χ1) is 16.3. The molecule has 1 spiro atoms. The zero-order valence-electron chi connectivity index (χ0n) is 21.8. The number of allylic oxidation sites excluding steroid dienone is 1. The molecule has 35 heavy (non-hydrogen) atoms. The molecular weight excluding hydrogens is 487 g/mol. The molecule has 6 atom stereocenters. The molecule has 0 aromatic carbocycles. The Balaban J connectivity index is 0.00000432. The summed E-state index contributed by atoms with van der Waals surface area (Å²) < 4.78 is 23.9. The molecule has 0 bridgehead atoms. The van der Waals surface area contributed by atoms with E-state index >= 15 is 0 Å². The minimum Gasteiger partial charge on any atom is -0.443 e. The van der Waals surface area contributed by atoms with Crippen molar-refractivity contribution >= 4 is 12.0 Å². The van der Waals surface area contributed by atoms with Gasteiger partial charge in [0, 0.05) is 38.8 Å². The second kappa shape index (κ2) is 13.5. The molecule has 2 N–H and O–H groups in total. The maximum atomic E-state index is 12.5. The average Bonchev–Trinajstić information content (AvgIpc) is 3.72. The monoisotopic (exact) mass is 530 g/mol. The van der Waals surface area contributed by atoms with Gasteiger partial charge in [0.1, 0.15) is 23.4 Å². The molecule has 1 radical (unpaired) electrons. The molecule has 2 heterocycles. The number of nitrogens with one attached hydrogen (secondary N) is 2. The normalized spacial score (nSPS) is 32.8. The number of carbonyl (C=O) groups is 2. The summed E-state index contributed by atoms with van der Waals surface area (Å²) in [6.07, 6.45) is 7.83. The standard InChI is InChI=1S/C26H43N2O6.V/c1-6-21(29)27-15-9-7-8-10-16-28-24(30)33-19-13-14-26(17-32-26)23(22(19)31-5)25(4)20(34-25)12-11-18(2)3;/h11,19-20,22-23H,1,6-10,12-17H2,2-5H3,(H,27,29)(H,28,30);/q-1;/t19?,20-,22?,23?,25+,26+;/m1./s1. The summed E-state index contributed by atoms with van der Waals surface area (Å²) in [5, 5.41) is 5.69. The molecule has 9 heteroatoms. The average molecular weight is 531 g/mol. The van der Waals surface area contributed by atoms with Crippen LogP contribution in [0.5, 0.6) is 0 Å². The predicted molar refractivity (Wildman–Crippen MR) is 129 cm³/mol. The summed E-state index contributed by atoms with van der Waals surface area (Å²) in [5.41, 5.74) is 0.716. The van der Waals surface area contributed by atoms with E-state index in [2.05, 4.69) is 44.4 Å². The van der Waals surface area contributed by atoms with Crippen LogP contribution in [0.3, 0.4) is 0 Å². The van der Waals surface area contributed by atoms with Gasteiger partial charge in [0.25, 0.3) is 0 Å². The molecule has 3 fully saturated rings. The van der Waals surface area contributed by atoms with Crippen LogP contribution in [0.15, 0.2) is 11.6 Å². The SMILES string of the molecule is [CH2-]CC(=O)NCCCCCCNC(=O)OC1CC[C@]2(CO2)C([C@@]2(C)O[C@@H]2CC=C(C)C)C1OC.[V]. The third-order valence-electron chi connectivity index (χ3n) is 7.42. The van der Waals surface area contributed by atoms with E-state index in [4.69, 9.17) is 18.9 Å². The van der Waals surface area contributed by atoms with Crippen molar-refractivity contribution < 1.29 is 47.1 Å². The van der Waals surface area contributed by atoms with E-state index in [1.54, 1.807) is 7.11 Å². The molecule has 2 aliphatic heterocycles. The van der Waals surface area contributed by atoms with Crippen molar-refractivity contribution in [3.63, 3.8) is 0 Å². The number of hydrogen-bond acceptors (Lipinski definition) is 6. The van der Waals surface area contributed by atoms with E-state index in [-0.39, 0.29) is 66.3 Å². The quantitative estimate of drug-likeness (QED) is 0.163. The van der Waals surface area contributed by atoms with Gasteiger partial charge in [-0.05, 0) is 52.9 Å². The number of amides is 2. The Morgan fingerprint density at radius 3 is 2.37 bits per heavy atom. The Labute approximate surface area is 222 Å². The summed E-state index contributed by atoms with van der Waals surface area (Å²) in [7, 11) is 1.68. The fourth-order valence-electron chi connectivity index (χ4n) is 5.36. The molecule has 2 amide bonds. The molecule has 0 aromatic heterocycles. The van der Waals surface area contributed by atoms with Crippen molar-refractivity contribution in [1.29, 1.82) is 0 Å². The Morgan fingerprint density at radius 1 is 1.14 bits per heavy atom. The van der Waals surface area contributed by atoms with Gasteiger partial charge in [-0.3, -0.25) is 4.79 Å². The van der Waals surface area contributed by atoms with Crippen LogP contribution in [0.4, 0.5) is 4.79 Å². The fourth-order valence-corrected chi connectivity index (χ4v) is 5.36. The number of alkyl carbamates (subject to hydrolysis) is 1. The molecule has 3 unspecified atom stereocenters. The Hall–Kier alpha value is -1.06. The van der Waals surface area contributed by atoms with Crippen LogP contribution in [0.1, 0.15) is 72.1 Å². The first kappa shape index (κ1) is 30.2. The van der Waals surface area contributed by atoms with Gasteiger partial charge >= 0.3 is 6.09 Å². The van der Waals surface area contributed by atoms with Crippen molar-refractivity contribution in [2.24, 2.45) is 5.92 Å². The van der Waals surface area contributed by atoms with Crippen LogP contribution in [-0.2, 0) is 42.3 Å². The Bertz CT molecular complexity index is 739. The molecule has 199 valence electrons. The molecular formula is C26H43N2O6V-. The van der Waals surface area contributed by atoms with Crippen LogP contribution >= 0.6 is 0 Å². The molecule has 3 aliphatic rings. The zero-order chi connectivity index (χ0) is 24.8. The first-order valence-electron chi connectivity index (χ1n) is 12.7. The number of rotatable bonds is 13. The fraction of sp³-hybridized carbons (Fsp3) is 0.808. The van der Waals surface area contributed by atoms with E-state index < -0.39 is 6.09 Å². The molecule has 8 nitrogen and oxygen atoms in total. The molecule has 1 aliphatic carbocycles. The summed E-state index contributed by atoms with van der Waals surface area (Å²) in [6, 6.07) is 0. The van der Waals surface area contributed by atoms with Crippen LogP contribution in [0.2, 0.25) is 0 Å². The van der Waals surface area contributed by atoms with Gasteiger partial charge in [0.15, 0.2) is 5.91 Å². The van der Waals surface area contributed by atoms with Crippen molar-refractivity contribution in [2.75, 3.05) is 26.8 Å². The maximum absolute atomic E-state index is 12.5. The van der Waals surface area contributed by atoms with Gasteiger partial charge in [0.2, 0.25) is 0 Å². The summed E-state index contributed by atoms with van der Waals surface area (Å²) in [4.78, 5) is 23.7. The van der Waals surface area contributed by atoms with E-state index in [0.717, 1.165) is 44.9 Å². The zero-order valence-corrected chi connectivity index (χ0v) is 23.2. The second-order valence-corrected chi connectivity index (χ2v) is 10.3. The maximum Gasteiger partial charge on any atom is 0.407 e. The van der Waals surface area contributed by atoms with E-state index in [9.17, 15) is 9.59 Å². The number of carbonyl (C=O) groups excluding carboxylic acids is 2. The van der Waals surface area contributed by atoms with Crippen LogP contribution in [0, 0.1) is 12.8 Å². The third-order valence-corrected chi connectivity index (χ3v) is 7.42. The summed E-state index contributed by atoms with van der Waals surface area (Å²) in [6.45, 7) is 11.8. The van der Waals surface area contributed by atoms with Gasteiger partial charge in [-0.25, -0.2) is 4.79 Å². The van der Waals surface area contributed by atoms with Crippen LogP contribution in [0.25, 0.3) is 0 Å².